The summed E-state index contributed by atoms with van der Waals surface area (Å²) in [5.74, 6) is 0. The number of sulfonamides is 1. The molecule has 0 amide bonds. The summed E-state index contributed by atoms with van der Waals surface area (Å²) in [5, 5.41) is -0.350. The van der Waals surface area contributed by atoms with Crippen LogP contribution in [-0.4, -0.2) is 18.0 Å². The predicted octanol–water partition coefficient (Wildman–Crippen LogP) is 2.24. The van der Waals surface area contributed by atoms with E-state index in [1.54, 1.807) is 7.05 Å². The number of benzene rings is 1. The van der Waals surface area contributed by atoms with Crippen molar-refractivity contribution in [2.75, 3.05) is 4.72 Å². The second-order valence-electron chi connectivity index (χ2n) is 4.03. The lowest BCUT2D eigenvalue weighted by molar-refractivity contribution is -0.136. The Morgan fingerprint density at radius 2 is 1.90 bits per heavy atom. The van der Waals surface area contributed by atoms with Crippen LogP contribution in [0.1, 0.15) is 5.56 Å². The van der Waals surface area contributed by atoms with Gasteiger partial charge in [0.15, 0.2) is 5.03 Å². The van der Waals surface area contributed by atoms with Gasteiger partial charge in [-0.2, -0.15) is 21.6 Å². The summed E-state index contributed by atoms with van der Waals surface area (Å²) in [5.41, 5.74) is -1.59. The molecule has 0 fully saturated rings. The number of hydrogen-bond donors (Lipinski definition) is 1. The molecule has 0 aliphatic carbocycles. The zero-order chi connectivity index (χ0) is 15.0. The maximum Gasteiger partial charge on any atom is 0.418 e. The van der Waals surface area contributed by atoms with Crippen LogP contribution in [0.2, 0.25) is 0 Å². The van der Waals surface area contributed by atoms with Crippen molar-refractivity contribution in [2.24, 2.45) is 7.05 Å². The molecule has 0 saturated carbocycles. The number of aryl methyl sites for hydroxylation is 1. The van der Waals surface area contributed by atoms with E-state index in [0.29, 0.717) is 0 Å². The van der Waals surface area contributed by atoms with Crippen molar-refractivity contribution in [3.8, 4) is 0 Å². The van der Waals surface area contributed by atoms with Crippen molar-refractivity contribution >= 4 is 15.7 Å². The molecule has 0 bridgehead atoms. The number of nitrogens with zero attached hydrogens (tertiary/aromatic N) is 2. The van der Waals surface area contributed by atoms with E-state index in [1.807, 2.05) is 4.72 Å². The summed E-state index contributed by atoms with van der Waals surface area (Å²) < 4.78 is 65.5. The first-order valence-corrected chi connectivity index (χ1v) is 6.85. The smallest absolute Gasteiger partial charge is 0.339 e. The summed E-state index contributed by atoms with van der Waals surface area (Å²) in [6, 6.07) is 4.34. The Morgan fingerprint density at radius 3 is 2.45 bits per heavy atom. The van der Waals surface area contributed by atoms with Crippen molar-refractivity contribution in [1.29, 1.82) is 0 Å². The SMILES string of the molecule is Cn1cnc(S(=O)(=O)Nc2ccccc2C(F)(F)F)c1. The summed E-state index contributed by atoms with van der Waals surface area (Å²) in [6.07, 6.45) is -2.22. The summed E-state index contributed by atoms with van der Waals surface area (Å²) in [7, 11) is -2.61. The standard InChI is InChI=1S/C11H10F3N3O2S/c1-17-6-10(15-7-17)20(18,19)16-9-5-3-2-4-8(9)11(12,13)14/h2-7,16H,1H3. The quantitative estimate of drug-likeness (QED) is 0.946. The molecule has 0 aliphatic rings. The van der Waals surface area contributed by atoms with Gasteiger partial charge in [0.2, 0.25) is 0 Å². The molecule has 0 radical (unpaired) electrons. The Morgan fingerprint density at radius 1 is 1.25 bits per heavy atom. The van der Waals surface area contributed by atoms with Gasteiger partial charge in [0.05, 0.1) is 17.6 Å². The molecule has 0 atom stereocenters. The molecule has 1 heterocycles. The van der Waals surface area contributed by atoms with Crippen LogP contribution in [0.25, 0.3) is 0 Å². The first-order valence-electron chi connectivity index (χ1n) is 5.37. The van der Waals surface area contributed by atoms with Gasteiger partial charge in [-0.15, -0.1) is 0 Å². The molecule has 0 saturated heterocycles. The van der Waals surface area contributed by atoms with Crippen molar-refractivity contribution in [3.63, 3.8) is 0 Å². The zero-order valence-corrected chi connectivity index (χ0v) is 11.0. The Labute approximate surface area is 113 Å². The molecule has 1 aromatic carbocycles. The molecule has 20 heavy (non-hydrogen) atoms. The molecule has 0 unspecified atom stereocenters. The van der Waals surface area contributed by atoms with E-state index in [2.05, 4.69) is 4.98 Å². The Balaban J connectivity index is 2.40. The minimum atomic E-state index is -4.65. The Kier molecular flexibility index (Phi) is 3.46. The molecule has 108 valence electrons. The van der Waals surface area contributed by atoms with E-state index >= 15 is 0 Å². The van der Waals surface area contributed by atoms with Crippen LogP contribution in [0.3, 0.4) is 0 Å². The number of anilines is 1. The van der Waals surface area contributed by atoms with E-state index in [9.17, 15) is 21.6 Å². The molecule has 2 aromatic rings. The molecular weight excluding hydrogens is 295 g/mol. The predicted molar refractivity (Wildman–Crippen MR) is 65.5 cm³/mol. The van der Waals surface area contributed by atoms with Crippen molar-refractivity contribution in [2.45, 2.75) is 11.2 Å². The summed E-state index contributed by atoms with van der Waals surface area (Å²) in [4.78, 5) is 3.61. The van der Waals surface area contributed by atoms with E-state index in [4.69, 9.17) is 0 Å². The molecular formula is C11H10F3N3O2S. The molecule has 5 nitrogen and oxygen atoms in total. The van der Waals surface area contributed by atoms with Crippen LogP contribution >= 0.6 is 0 Å². The van der Waals surface area contributed by atoms with Gasteiger partial charge in [0, 0.05) is 13.2 Å². The topological polar surface area (TPSA) is 64.0 Å². The number of hydrogen-bond acceptors (Lipinski definition) is 3. The van der Waals surface area contributed by atoms with Crippen LogP contribution in [0, 0.1) is 0 Å². The number of aromatic nitrogens is 2. The molecule has 0 aliphatic heterocycles. The highest BCUT2D eigenvalue weighted by molar-refractivity contribution is 7.92. The highest BCUT2D eigenvalue weighted by atomic mass is 32.2. The number of para-hydroxylation sites is 1. The van der Waals surface area contributed by atoms with E-state index in [-0.39, 0.29) is 5.03 Å². The number of alkyl halides is 3. The van der Waals surface area contributed by atoms with E-state index < -0.39 is 27.5 Å². The molecule has 9 heteroatoms. The van der Waals surface area contributed by atoms with E-state index in [0.717, 1.165) is 12.1 Å². The third kappa shape index (κ3) is 2.93. The Hall–Kier alpha value is -2.03. The number of halogens is 3. The van der Waals surface area contributed by atoms with Crippen LogP contribution < -0.4 is 4.72 Å². The fourth-order valence-corrected chi connectivity index (χ4v) is 2.61. The van der Waals surface area contributed by atoms with E-state index in [1.165, 1.54) is 29.2 Å². The van der Waals surface area contributed by atoms with Gasteiger partial charge < -0.3 is 4.57 Å². The van der Waals surface area contributed by atoms with Crippen molar-refractivity contribution in [3.05, 3.63) is 42.4 Å². The van der Waals surface area contributed by atoms with Gasteiger partial charge in [0.25, 0.3) is 10.0 Å². The van der Waals surface area contributed by atoms with Gasteiger partial charge in [-0.25, -0.2) is 4.98 Å². The fourth-order valence-electron chi connectivity index (χ4n) is 1.54. The number of imidazole rings is 1. The Bertz CT molecular complexity index is 723. The van der Waals surface area contributed by atoms with Crippen LogP contribution in [0.4, 0.5) is 18.9 Å². The van der Waals surface area contributed by atoms with Gasteiger partial charge in [-0.3, -0.25) is 4.72 Å². The molecule has 1 N–H and O–H groups in total. The van der Waals surface area contributed by atoms with Crippen molar-refractivity contribution < 1.29 is 21.6 Å². The normalized spacial score (nSPS) is 12.4. The fraction of sp³-hybridized carbons (Fsp3) is 0.182. The summed E-state index contributed by atoms with van der Waals surface area (Å²) >= 11 is 0. The largest absolute Gasteiger partial charge is 0.418 e. The lowest BCUT2D eigenvalue weighted by Gasteiger charge is -2.13. The minimum Gasteiger partial charge on any atom is -0.339 e. The first-order chi connectivity index (χ1) is 9.20. The van der Waals surface area contributed by atoms with Gasteiger partial charge in [-0.05, 0) is 12.1 Å². The highest BCUT2D eigenvalue weighted by Gasteiger charge is 2.34. The van der Waals surface area contributed by atoms with Gasteiger partial charge in [-0.1, -0.05) is 12.1 Å². The third-order valence-corrected chi connectivity index (χ3v) is 3.68. The van der Waals surface area contributed by atoms with Crippen molar-refractivity contribution in [1.82, 2.24) is 9.55 Å². The maximum atomic E-state index is 12.8. The van der Waals surface area contributed by atoms with Crippen LogP contribution in [0.15, 0.2) is 41.8 Å². The second-order valence-corrected chi connectivity index (χ2v) is 5.66. The highest BCUT2D eigenvalue weighted by Crippen LogP contribution is 2.35. The average molecular weight is 305 g/mol. The minimum absolute atomic E-state index is 0.350. The zero-order valence-electron chi connectivity index (χ0n) is 10.2. The van der Waals surface area contributed by atoms with Crippen LogP contribution in [-0.2, 0) is 23.2 Å². The summed E-state index contributed by atoms with van der Waals surface area (Å²) in [6.45, 7) is 0. The van der Waals surface area contributed by atoms with Gasteiger partial charge in [0.1, 0.15) is 0 Å². The molecule has 0 spiro atoms. The monoisotopic (exact) mass is 305 g/mol. The lowest BCUT2D eigenvalue weighted by atomic mass is 10.2. The lowest BCUT2D eigenvalue weighted by Crippen LogP contribution is -2.17. The van der Waals surface area contributed by atoms with Crippen LogP contribution in [0.5, 0.6) is 0 Å². The number of nitrogens with one attached hydrogen (secondary N) is 1. The third-order valence-electron chi connectivity index (χ3n) is 2.43. The second kappa shape index (κ2) is 4.82. The van der Waals surface area contributed by atoms with Gasteiger partial charge >= 0.3 is 6.18 Å². The maximum absolute atomic E-state index is 12.8. The average Bonchev–Trinajstić information content (AvgIpc) is 2.75. The molecule has 1 aromatic heterocycles. The molecule has 2 rings (SSSR count). The number of rotatable bonds is 3. The first kappa shape index (κ1) is 14.4.